The highest BCUT2D eigenvalue weighted by molar-refractivity contribution is 14.1. The van der Waals surface area contributed by atoms with E-state index in [-0.39, 0.29) is 38.9 Å². The lowest BCUT2D eigenvalue weighted by atomic mass is 9.33. The Bertz CT molecular complexity index is 968. The van der Waals surface area contributed by atoms with Gasteiger partial charge in [-0.15, -0.1) is 0 Å². The largest absolute Gasteiger partial charge is 0.481 e. The molecule has 0 spiro atoms. The van der Waals surface area contributed by atoms with Crippen LogP contribution in [0.25, 0.3) is 0 Å². The minimum Gasteiger partial charge on any atom is -0.481 e. The molecule has 0 aromatic heterocycles. The highest BCUT2D eigenvalue weighted by Crippen LogP contribution is 2.75. The second-order valence-electron chi connectivity index (χ2n) is 14.9. The minimum atomic E-state index is -0.684. The summed E-state index contributed by atoms with van der Waals surface area (Å²) in [4.78, 5) is 26.5. The molecule has 4 saturated carbocycles. The molecule has 0 saturated heterocycles. The average Bonchev–Trinajstić information content (AvgIpc) is 2.73. The van der Waals surface area contributed by atoms with Gasteiger partial charge in [0.25, 0.3) is 0 Å². The third kappa shape index (κ3) is 2.99. The Morgan fingerprint density at radius 3 is 2.24 bits per heavy atom. The van der Waals surface area contributed by atoms with Crippen LogP contribution in [0.15, 0.2) is 11.6 Å². The number of carbonyl (C=O) groups excluding carboxylic acids is 1. The Balaban J connectivity index is 1.62. The fourth-order valence-corrected chi connectivity index (χ4v) is 11.1. The van der Waals surface area contributed by atoms with Crippen molar-refractivity contribution in [3.05, 3.63) is 11.6 Å². The summed E-state index contributed by atoms with van der Waals surface area (Å²) in [5, 5.41) is 10.1. The number of hydrogen-bond donors (Lipinski definition) is 1. The monoisotopic (exact) mass is 580 g/mol. The summed E-state index contributed by atoms with van der Waals surface area (Å²) < 4.78 is 0.666. The Labute approximate surface area is 220 Å². The number of alkyl halides is 1. The summed E-state index contributed by atoms with van der Waals surface area (Å²) in [6.45, 7) is 16.6. The highest BCUT2D eigenvalue weighted by Gasteiger charge is 2.70. The molecule has 4 fully saturated rings. The summed E-state index contributed by atoms with van der Waals surface area (Å²) in [5.41, 5.74) is 0.975. The first-order chi connectivity index (χ1) is 15.6. The van der Waals surface area contributed by atoms with Crippen LogP contribution in [0.2, 0.25) is 0 Å². The first kappa shape index (κ1) is 25.3. The molecular formula is C30H45IO3. The number of aliphatic carboxylic acids is 1. The standard InChI is InChI=1S/C30H45IO3/c1-25(2)21-8-11-30(7)23(28(21,5)10-9-22(25)31)20(32)16-18-19-17-27(4,24(33)34)13-12-26(19,3)14-15-29(18,30)6/h16,19,21-23H,8-15,17H2,1-7H3,(H,33,34)/t19-,21?,22?,23+,26+,27?,28-,29+,30+/m0/s1. The van der Waals surface area contributed by atoms with Crippen molar-refractivity contribution in [1.29, 1.82) is 0 Å². The van der Waals surface area contributed by atoms with E-state index in [2.05, 4.69) is 70.2 Å². The van der Waals surface area contributed by atoms with Gasteiger partial charge in [-0.3, -0.25) is 9.59 Å². The van der Waals surface area contributed by atoms with E-state index in [1.807, 2.05) is 6.92 Å². The molecule has 3 nitrogen and oxygen atoms in total. The molecule has 5 aliphatic carbocycles. The molecule has 0 aliphatic heterocycles. The lowest BCUT2D eigenvalue weighted by Gasteiger charge is -2.70. The van der Waals surface area contributed by atoms with E-state index in [1.165, 1.54) is 18.4 Å². The van der Waals surface area contributed by atoms with E-state index in [0.717, 1.165) is 38.5 Å². The van der Waals surface area contributed by atoms with Crippen LogP contribution in [-0.2, 0) is 9.59 Å². The van der Waals surface area contributed by atoms with Crippen LogP contribution < -0.4 is 0 Å². The number of allylic oxidation sites excluding steroid dienone is 2. The van der Waals surface area contributed by atoms with Crippen molar-refractivity contribution in [3.8, 4) is 0 Å². The highest BCUT2D eigenvalue weighted by atomic mass is 127. The Morgan fingerprint density at radius 2 is 1.59 bits per heavy atom. The summed E-state index contributed by atoms with van der Waals surface area (Å²) >= 11 is 2.67. The number of halogens is 1. The van der Waals surface area contributed by atoms with Gasteiger partial charge in [0.05, 0.1) is 5.41 Å². The second-order valence-corrected chi connectivity index (χ2v) is 16.4. The van der Waals surface area contributed by atoms with Gasteiger partial charge in [0.1, 0.15) is 0 Å². The van der Waals surface area contributed by atoms with Crippen molar-refractivity contribution < 1.29 is 14.7 Å². The molecule has 1 N–H and O–H groups in total. The molecule has 5 rings (SSSR count). The first-order valence-electron chi connectivity index (χ1n) is 13.7. The SMILES string of the molecule is CC1(C(=O)O)CC[C@]2(C)CC[C@]3(C)C(=CC(=O)[C@@H]4[C@@]5(C)CCC(I)C(C)(C)C5CC[C@]43C)[C@@H]2C1. The van der Waals surface area contributed by atoms with Crippen LogP contribution in [0.3, 0.4) is 0 Å². The van der Waals surface area contributed by atoms with Gasteiger partial charge in [-0.05, 0) is 110 Å². The maximum absolute atomic E-state index is 14.3. The molecule has 34 heavy (non-hydrogen) atoms. The van der Waals surface area contributed by atoms with Crippen LogP contribution in [0.5, 0.6) is 0 Å². The minimum absolute atomic E-state index is 0.0220. The predicted octanol–water partition coefficient (Wildman–Crippen LogP) is 7.86. The maximum atomic E-state index is 14.3. The fraction of sp³-hybridized carbons (Fsp3) is 0.867. The van der Waals surface area contributed by atoms with E-state index in [4.69, 9.17) is 0 Å². The third-order valence-corrected chi connectivity index (χ3v) is 15.2. The van der Waals surface area contributed by atoms with E-state index in [1.54, 1.807) is 0 Å². The van der Waals surface area contributed by atoms with Gasteiger partial charge < -0.3 is 5.11 Å². The topological polar surface area (TPSA) is 54.4 Å². The number of carbonyl (C=O) groups is 2. The zero-order valence-corrected chi connectivity index (χ0v) is 24.5. The summed E-state index contributed by atoms with van der Waals surface area (Å²) in [6, 6.07) is 0. The number of carboxylic acid groups (broad SMARTS) is 1. The van der Waals surface area contributed by atoms with E-state index in [0.29, 0.717) is 22.0 Å². The molecule has 0 amide bonds. The normalized spacial score (nSPS) is 54.1. The molecule has 0 aromatic carbocycles. The molecule has 5 aliphatic rings. The first-order valence-corrected chi connectivity index (χ1v) is 14.9. The van der Waals surface area contributed by atoms with Gasteiger partial charge in [-0.25, -0.2) is 0 Å². The van der Waals surface area contributed by atoms with Crippen molar-refractivity contribution >= 4 is 34.3 Å². The second kappa shape index (κ2) is 7.34. The van der Waals surface area contributed by atoms with Gasteiger partial charge in [0.15, 0.2) is 5.78 Å². The Morgan fingerprint density at radius 1 is 0.941 bits per heavy atom. The van der Waals surface area contributed by atoms with Gasteiger partial charge in [-0.1, -0.05) is 69.7 Å². The van der Waals surface area contributed by atoms with Crippen LogP contribution in [0.4, 0.5) is 0 Å². The van der Waals surface area contributed by atoms with E-state index >= 15 is 0 Å². The van der Waals surface area contributed by atoms with Crippen LogP contribution in [-0.4, -0.2) is 20.8 Å². The van der Waals surface area contributed by atoms with Gasteiger partial charge in [-0.2, -0.15) is 0 Å². The lowest BCUT2D eigenvalue weighted by Crippen LogP contribution is -2.66. The maximum Gasteiger partial charge on any atom is 0.309 e. The number of hydrogen-bond acceptors (Lipinski definition) is 2. The molecule has 190 valence electrons. The van der Waals surface area contributed by atoms with Gasteiger partial charge in [0, 0.05) is 9.84 Å². The molecule has 9 atom stereocenters. The summed E-state index contributed by atoms with van der Waals surface area (Å²) in [6.07, 6.45) is 11.4. The van der Waals surface area contributed by atoms with Crippen molar-refractivity contribution in [3.63, 3.8) is 0 Å². The van der Waals surface area contributed by atoms with Gasteiger partial charge >= 0.3 is 5.97 Å². The van der Waals surface area contributed by atoms with Crippen LogP contribution >= 0.6 is 22.6 Å². The summed E-state index contributed by atoms with van der Waals surface area (Å²) in [7, 11) is 0. The molecule has 0 aromatic rings. The van der Waals surface area contributed by atoms with Crippen molar-refractivity contribution in [1.82, 2.24) is 0 Å². The predicted molar refractivity (Wildman–Crippen MR) is 145 cm³/mol. The Hall–Kier alpha value is -0.390. The molecule has 3 unspecified atom stereocenters. The van der Waals surface area contributed by atoms with Crippen molar-refractivity contribution in [2.75, 3.05) is 0 Å². The number of carboxylic acids is 1. The quantitative estimate of drug-likeness (QED) is 0.254. The number of fused-ring (bicyclic) bond motifs is 7. The van der Waals surface area contributed by atoms with Crippen molar-refractivity contribution in [2.24, 2.45) is 50.2 Å². The zero-order chi connectivity index (χ0) is 25.1. The van der Waals surface area contributed by atoms with Crippen LogP contribution in [0.1, 0.15) is 106 Å². The van der Waals surface area contributed by atoms with Crippen molar-refractivity contribution in [2.45, 2.75) is 110 Å². The number of ketones is 1. The fourth-order valence-electron chi connectivity index (χ4n) is 10.3. The third-order valence-electron chi connectivity index (χ3n) is 13.0. The molecule has 0 bridgehead atoms. The molecular weight excluding hydrogens is 535 g/mol. The average molecular weight is 581 g/mol. The number of rotatable bonds is 1. The zero-order valence-electron chi connectivity index (χ0n) is 22.4. The smallest absolute Gasteiger partial charge is 0.309 e. The van der Waals surface area contributed by atoms with E-state index in [9.17, 15) is 14.7 Å². The van der Waals surface area contributed by atoms with Gasteiger partial charge in [0.2, 0.25) is 0 Å². The molecule has 4 heteroatoms. The summed E-state index contributed by atoms with van der Waals surface area (Å²) in [5.74, 6) is 0.551. The molecule has 0 heterocycles. The Kier molecular flexibility index (Phi) is 5.46. The lowest BCUT2D eigenvalue weighted by molar-refractivity contribution is -0.184. The van der Waals surface area contributed by atoms with E-state index < -0.39 is 11.4 Å². The van der Waals surface area contributed by atoms with Crippen LogP contribution in [0, 0.1) is 50.2 Å². The molecule has 0 radical (unpaired) electrons.